The molecular weight excluding hydrogens is 443 g/mol. The largest absolute Gasteiger partial charge is 0.349 e. The molecule has 1 aliphatic heterocycles. The van der Waals surface area contributed by atoms with Crippen LogP contribution in [-0.4, -0.2) is 55.7 Å². The number of guanidine groups is 1. The summed E-state index contributed by atoms with van der Waals surface area (Å²) in [5, 5.41) is 10.4. The van der Waals surface area contributed by atoms with Crippen LogP contribution in [0.5, 0.6) is 0 Å². The zero-order valence-corrected chi connectivity index (χ0v) is 18.1. The van der Waals surface area contributed by atoms with Crippen molar-refractivity contribution in [1.82, 2.24) is 34.9 Å². The Bertz CT molecular complexity index is 671. The maximum atomic E-state index is 4.47. The van der Waals surface area contributed by atoms with E-state index in [1.54, 1.807) is 6.33 Å². The first-order valence-electron chi connectivity index (χ1n) is 8.98. The number of aliphatic imine (C=N–C) groups is 1. The number of nitrogens with one attached hydrogen (secondary N) is 2. The van der Waals surface area contributed by atoms with Crippen molar-refractivity contribution in [2.24, 2.45) is 10.9 Å². The van der Waals surface area contributed by atoms with Gasteiger partial charge in [0.2, 0.25) is 0 Å². The molecule has 0 radical (unpaired) electrons. The summed E-state index contributed by atoms with van der Waals surface area (Å²) in [4.78, 5) is 15.5. The predicted molar refractivity (Wildman–Crippen MR) is 113 cm³/mol. The molecular formula is C17H29IN8. The van der Waals surface area contributed by atoms with Gasteiger partial charge in [0, 0.05) is 45.0 Å². The van der Waals surface area contributed by atoms with Crippen LogP contribution in [-0.2, 0) is 13.1 Å². The van der Waals surface area contributed by atoms with Gasteiger partial charge in [0.15, 0.2) is 5.96 Å². The molecule has 8 nitrogen and oxygen atoms in total. The molecule has 0 spiro atoms. The number of hydrogen-bond donors (Lipinski definition) is 2. The van der Waals surface area contributed by atoms with E-state index >= 15 is 0 Å². The van der Waals surface area contributed by atoms with E-state index in [9.17, 15) is 0 Å². The lowest BCUT2D eigenvalue weighted by Gasteiger charge is -2.33. The van der Waals surface area contributed by atoms with E-state index in [0.717, 1.165) is 50.1 Å². The highest BCUT2D eigenvalue weighted by Gasteiger charge is 2.24. The zero-order valence-electron chi connectivity index (χ0n) is 15.7. The summed E-state index contributed by atoms with van der Waals surface area (Å²) in [6, 6.07) is 0. The Labute approximate surface area is 171 Å². The quantitative estimate of drug-likeness (QED) is 0.396. The third-order valence-electron chi connectivity index (χ3n) is 4.59. The smallest absolute Gasteiger partial charge is 0.194 e. The second-order valence-corrected chi connectivity index (χ2v) is 6.92. The van der Waals surface area contributed by atoms with Crippen molar-refractivity contribution in [3.05, 3.63) is 30.4 Å². The summed E-state index contributed by atoms with van der Waals surface area (Å²) in [6.45, 7) is 8.03. The molecule has 0 saturated carbocycles. The predicted octanol–water partition coefficient (Wildman–Crippen LogP) is 2.23. The summed E-state index contributed by atoms with van der Waals surface area (Å²) >= 11 is 0. The fraction of sp³-hybridized carbons (Fsp3) is 0.647. The van der Waals surface area contributed by atoms with Gasteiger partial charge in [-0.2, -0.15) is 5.10 Å². The van der Waals surface area contributed by atoms with Gasteiger partial charge in [-0.15, -0.1) is 24.0 Å². The van der Waals surface area contributed by atoms with Crippen molar-refractivity contribution in [3.8, 4) is 0 Å². The van der Waals surface area contributed by atoms with Gasteiger partial charge < -0.3 is 14.8 Å². The van der Waals surface area contributed by atoms with E-state index in [0.29, 0.717) is 18.4 Å². The molecule has 2 N–H and O–H groups in total. The van der Waals surface area contributed by atoms with Crippen molar-refractivity contribution < 1.29 is 0 Å². The van der Waals surface area contributed by atoms with Crippen LogP contribution in [0.2, 0.25) is 0 Å². The third kappa shape index (κ3) is 5.18. The number of aromatic nitrogens is 5. The van der Waals surface area contributed by atoms with E-state index in [2.05, 4.69) is 53.8 Å². The molecule has 1 aliphatic rings. The van der Waals surface area contributed by atoms with Gasteiger partial charge in [-0.05, 0) is 18.8 Å². The normalized spacial score (nSPS) is 16.0. The van der Waals surface area contributed by atoms with Crippen molar-refractivity contribution in [2.75, 3.05) is 20.1 Å². The SMILES string of the molecule is CN=C(NCc1nccn1CC(C)C)N1CCC(c2ncn[nH]2)CC1.I. The van der Waals surface area contributed by atoms with E-state index < -0.39 is 0 Å². The second-order valence-electron chi connectivity index (χ2n) is 6.92. The lowest BCUT2D eigenvalue weighted by molar-refractivity contribution is 0.298. The average Bonchev–Trinajstić information content (AvgIpc) is 3.28. The fourth-order valence-electron chi connectivity index (χ4n) is 3.33. The Balaban J connectivity index is 0.00000243. The fourth-order valence-corrected chi connectivity index (χ4v) is 3.33. The highest BCUT2D eigenvalue weighted by atomic mass is 127. The Morgan fingerprint density at radius 1 is 1.35 bits per heavy atom. The van der Waals surface area contributed by atoms with Crippen LogP contribution in [0.3, 0.4) is 0 Å². The molecule has 2 aromatic heterocycles. The van der Waals surface area contributed by atoms with E-state index in [1.807, 2.05) is 19.4 Å². The Kier molecular flexibility index (Phi) is 7.85. The van der Waals surface area contributed by atoms with E-state index in [1.165, 1.54) is 0 Å². The number of halogens is 1. The first-order chi connectivity index (χ1) is 12.2. The average molecular weight is 472 g/mol. The molecule has 1 fully saturated rings. The van der Waals surface area contributed by atoms with Gasteiger partial charge in [-0.3, -0.25) is 10.1 Å². The van der Waals surface area contributed by atoms with Gasteiger partial charge >= 0.3 is 0 Å². The van der Waals surface area contributed by atoms with Crippen molar-refractivity contribution in [2.45, 2.75) is 45.7 Å². The van der Waals surface area contributed by atoms with Gasteiger partial charge in [0.25, 0.3) is 0 Å². The van der Waals surface area contributed by atoms with Crippen LogP contribution in [0.1, 0.15) is 44.3 Å². The van der Waals surface area contributed by atoms with Gasteiger partial charge in [-0.25, -0.2) is 9.97 Å². The van der Waals surface area contributed by atoms with Crippen LogP contribution in [0, 0.1) is 5.92 Å². The van der Waals surface area contributed by atoms with Crippen LogP contribution in [0.4, 0.5) is 0 Å². The molecule has 0 bridgehead atoms. The number of piperidine rings is 1. The number of nitrogens with zero attached hydrogens (tertiary/aromatic N) is 6. The molecule has 1 saturated heterocycles. The monoisotopic (exact) mass is 472 g/mol. The van der Waals surface area contributed by atoms with Crippen LogP contribution in [0.15, 0.2) is 23.7 Å². The minimum atomic E-state index is 0. The second kappa shape index (κ2) is 9.89. The summed E-state index contributed by atoms with van der Waals surface area (Å²) in [5.74, 6) is 4.05. The summed E-state index contributed by atoms with van der Waals surface area (Å²) in [6.07, 6.45) is 7.60. The van der Waals surface area contributed by atoms with Gasteiger partial charge in [0.05, 0.1) is 6.54 Å². The molecule has 0 unspecified atom stereocenters. The lowest BCUT2D eigenvalue weighted by Crippen LogP contribution is -2.45. The molecule has 0 aliphatic carbocycles. The Hall–Kier alpha value is -1.65. The molecule has 2 aromatic rings. The lowest BCUT2D eigenvalue weighted by atomic mass is 9.96. The van der Waals surface area contributed by atoms with Crippen molar-refractivity contribution >= 4 is 29.9 Å². The van der Waals surface area contributed by atoms with Gasteiger partial charge in [0.1, 0.15) is 18.0 Å². The Morgan fingerprint density at radius 3 is 2.73 bits per heavy atom. The standard InChI is InChI=1S/C17H28N8.HI/c1-13(2)11-25-9-6-19-15(25)10-20-17(18-3)24-7-4-14(5-8-24)16-21-12-22-23-16;/h6,9,12-14H,4-5,7-8,10-11H2,1-3H3,(H,18,20)(H,21,22,23);1H. The number of hydrogen-bond acceptors (Lipinski definition) is 4. The molecule has 26 heavy (non-hydrogen) atoms. The van der Waals surface area contributed by atoms with E-state index in [4.69, 9.17) is 0 Å². The minimum absolute atomic E-state index is 0. The van der Waals surface area contributed by atoms with Crippen molar-refractivity contribution in [3.63, 3.8) is 0 Å². The maximum absolute atomic E-state index is 4.47. The van der Waals surface area contributed by atoms with Gasteiger partial charge in [-0.1, -0.05) is 13.8 Å². The zero-order chi connectivity index (χ0) is 17.6. The molecule has 0 atom stereocenters. The van der Waals surface area contributed by atoms with Crippen molar-refractivity contribution in [1.29, 1.82) is 0 Å². The van der Waals surface area contributed by atoms with E-state index in [-0.39, 0.29) is 24.0 Å². The maximum Gasteiger partial charge on any atom is 0.194 e. The minimum Gasteiger partial charge on any atom is -0.349 e. The first-order valence-corrected chi connectivity index (χ1v) is 8.98. The molecule has 0 amide bonds. The number of rotatable bonds is 5. The number of likely N-dealkylation sites (tertiary alicyclic amines) is 1. The molecule has 9 heteroatoms. The van der Waals surface area contributed by atoms with Crippen LogP contribution < -0.4 is 5.32 Å². The highest BCUT2D eigenvalue weighted by molar-refractivity contribution is 14.0. The molecule has 3 rings (SSSR count). The third-order valence-corrected chi connectivity index (χ3v) is 4.59. The first kappa shape index (κ1) is 20.7. The highest BCUT2D eigenvalue weighted by Crippen LogP contribution is 2.24. The number of aromatic amines is 1. The molecule has 144 valence electrons. The van der Waals surface area contributed by atoms with Crippen LogP contribution in [0.25, 0.3) is 0 Å². The number of imidazole rings is 1. The summed E-state index contributed by atoms with van der Waals surface area (Å²) in [7, 11) is 1.84. The molecule has 0 aromatic carbocycles. The Morgan fingerprint density at radius 2 is 2.12 bits per heavy atom. The number of H-pyrrole nitrogens is 1. The summed E-state index contributed by atoms with van der Waals surface area (Å²) < 4.78 is 2.21. The topological polar surface area (TPSA) is 87.0 Å². The summed E-state index contributed by atoms with van der Waals surface area (Å²) in [5.41, 5.74) is 0. The van der Waals surface area contributed by atoms with Crippen LogP contribution >= 0.6 is 24.0 Å². The molecule has 3 heterocycles.